The summed E-state index contributed by atoms with van der Waals surface area (Å²) in [6.45, 7) is 2.93. The maximum absolute atomic E-state index is 11.7. The lowest BCUT2D eigenvalue weighted by molar-refractivity contribution is -0.123. The van der Waals surface area contributed by atoms with Crippen molar-refractivity contribution in [1.29, 1.82) is 0 Å². The first kappa shape index (κ1) is 14.1. The Morgan fingerprint density at radius 1 is 1.47 bits per heavy atom. The average Bonchev–Trinajstić information content (AvgIpc) is 2.81. The number of hydrogen-bond donors (Lipinski definition) is 2. The predicted molar refractivity (Wildman–Crippen MR) is 72.6 cm³/mol. The zero-order valence-corrected chi connectivity index (χ0v) is 11.6. The third-order valence-corrected chi connectivity index (χ3v) is 3.73. The third-order valence-electron chi connectivity index (χ3n) is 3.73. The summed E-state index contributed by atoms with van der Waals surface area (Å²) >= 11 is 0. The SMILES string of the molecule is Cc1cnn(CCC(=O)NCC2(O)CCCCC2)c1. The van der Waals surface area contributed by atoms with Crippen LogP contribution in [-0.4, -0.2) is 32.9 Å². The van der Waals surface area contributed by atoms with Crippen LogP contribution in [0.15, 0.2) is 12.4 Å². The second kappa shape index (κ2) is 6.19. The number of nitrogens with zero attached hydrogens (tertiary/aromatic N) is 2. The summed E-state index contributed by atoms with van der Waals surface area (Å²) in [5, 5.41) is 17.3. The molecule has 0 saturated heterocycles. The molecule has 106 valence electrons. The van der Waals surface area contributed by atoms with Crippen LogP contribution in [0.1, 0.15) is 44.1 Å². The maximum Gasteiger partial charge on any atom is 0.221 e. The van der Waals surface area contributed by atoms with E-state index in [0.717, 1.165) is 31.2 Å². The molecule has 1 aromatic heterocycles. The van der Waals surface area contributed by atoms with E-state index in [1.807, 2.05) is 13.1 Å². The number of aryl methyl sites for hydroxylation is 2. The Morgan fingerprint density at radius 2 is 2.21 bits per heavy atom. The van der Waals surface area contributed by atoms with Gasteiger partial charge >= 0.3 is 0 Å². The molecule has 0 atom stereocenters. The van der Waals surface area contributed by atoms with E-state index in [2.05, 4.69) is 10.4 Å². The first-order chi connectivity index (χ1) is 9.07. The Hall–Kier alpha value is -1.36. The van der Waals surface area contributed by atoms with Gasteiger partial charge < -0.3 is 10.4 Å². The van der Waals surface area contributed by atoms with Crippen LogP contribution in [-0.2, 0) is 11.3 Å². The van der Waals surface area contributed by atoms with E-state index in [-0.39, 0.29) is 5.91 Å². The molecule has 0 radical (unpaired) electrons. The standard InChI is InChI=1S/C14H23N3O2/c1-12-9-16-17(10-12)8-5-13(18)15-11-14(19)6-3-2-4-7-14/h9-10,19H,2-8,11H2,1H3,(H,15,18). The lowest BCUT2D eigenvalue weighted by Gasteiger charge is -2.32. The summed E-state index contributed by atoms with van der Waals surface area (Å²) in [6, 6.07) is 0. The van der Waals surface area contributed by atoms with Crippen LogP contribution >= 0.6 is 0 Å². The first-order valence-corrected chi connectivity index (χ1v) is 7.06. The molecule has 1 saturated carbocycles. The van der Waals surface area contributed by atoms with Gasteiger partial charge in [-0.1, -0.05) is 19.3 Å². The minimum atomic E-state index is -0.684. The van der Waals surface area contributed by atoms with Crippen molar-refractivity contribution in [2.45, 2.75) is 57.6 Å². The van der Waals surface area contributed by atoms with Crippen LogP contribution < -0.4 is 5.32 Å². The normalized spacial score (nSPS) is 18.2. The van der Waals surface area contributed by atoms with Crippen LogP contribution in [0, 0.1) is 6.92 Å². The molecule has 0 aliphatic heterocycles. The number of carbonyl (C=O) groups excluding carboxylic acids is 1. The highest BCUT2D eigenvalue weighted by molar-refractivity contribution is 5.75. The number of nitrogens with one attached hydrogen (secondary N) is 1. The molecule has 5 nitrogen and oxygen atoms in total. The van der Waals surface area contributed by atoms with Gasteiger partial charge in [0.2, 0.25) is 5.91 Å². The van der Waals surface area contributed by atoms with E-state index in [4.69, 9.17) is 0 Å². The fourth-order valence-electron chi connectivity index (χ4n) is 2.54. The van der Waals surface area contributed by atoms with E-state index in [1.165, 1.54) is 6.42 Å². The van der Waals surface area contributed by atoms with Gasteiger partial charge in [-0.15, -0.1) is 0 Å². The number of amides is 1. The molecule has 2 rings (SSSR count). The molecule has 1 fully saturated rings. The third kappa shape index (κ3) is 4.35. The molecule has 0 spiro atoms. The van der Waals surface area contributed by atoms with E-state index in [0.29, 0.717) is 19.5 Å². The second-order valence-electron chi connectivity index (χ2n) is 5.59. The van der Waals surface area contributed by atoms with Crippen molar-refractivity contribution < 1.29 is 9.90 Å². The summed E-state index contributed by atoms with van der Waals surface area (Å²) in [5.41, 5.74) is 0.410. The fraction of sp³-hybridized carbons (Fsp3) is 0.714. The van der Waals surface area contributed by atoms with Crippen molar-refractivity contribution in [2.75, 3.05) is 6.54 Å². The zero-order valence-electron chi connectivity index (χ0n) is 11.6. The lowest BCUT2D eigenvalue weighted by Crippen LogP contribution is -2.44. The highest BCUT2D eigenvalue weighted by Crippen LogP contribution is 2.27. The number of aliphatic hydroxyl groups is 1. The van der Waals surface area contributed by atoms with Crippen LogP contribution in [0.3, 0.4) is 0 Å². The van der Waals surface area contributed by atoms with Gasteiger partial charge in [0, 0.05) is 25.7 Å². The maximum atomic E-state index is 11.7. The van der Waals surface area contributed by atoms with Crippen molar-refractivity contribution >= 4 is 5.91 Å². The van der Waals surface area contributed by atoms with Crippen molar-refractivity contribution in [2.24, 2.45) is 0 Å². The monoisotopic (exact) mass is 265 g/mol. The van der Waals surface area contributed by atoms with E-state index < -0.39 is 5.60 Å². The van der Waals surface area contributed by atoms with Crippen molar-refractivity contribution in [3.63, 3.8) is 0 Å². The minimum Gasteiger partial charge on any atom is -0.388 e. The Labute approximate surface area is 114 Å². The molecule has 1 heterocycles. The molecular weight excluding hydrogens is 242 g/mol. The van der Waals surface area contributed by atoms with Gasteiger partial charge in [0.1, 0.15) is 0 Å². The molecular formula is C14H23N3O2. The van der Waals surface area contributed by atoms with Gasteiger partial charge in [-0.05, 0) is 25.3 Å². The molecule has 5 heteroatoms. The highest BCUT2D eigenvalue weighted by Gasteiger charge is 2.29. The molecule has 1 amide bonds. The van der Waals surface area contributed by atoms with Gasteiger partial charge in [0.05, 0.1) is 11.8 Å². The molecule has 1 aromatic rings. The quantitative estimate of drug-likeness (QED) is 0.845. The van der Waals surface area contributed by atoms with Gasteiger partial charge in [0.15, 0.2) is 0 Å². The molecule has 19 heavy (non-hydrogen) atoms. The number of hydrogen-bond acceptors (Lipinski definition) is 3. The topological polar surface area (TPSA) is 67.2 Å². The molecule has 0 unspecified atom stereocenters. The van der Waals surface area contributed by atoms with Crippen molar-refractivity contribution in [3.8, 4) is 0 Å². The van der Waals surface area contributed by atoms with Gasteiger partial charge in [-0.25, -0.2) is 0 Å². The molecule has 2 N–H and O–H groups in total. The number of carbonyl (C=O) groups is 1. The van der Waals surface area contributed by atoms with Gasteiger partial charge in [0.25, 0.3) is 0 Å². The lowest BCUT2D eigenvalue weighted by atomic mass is 9.85. The van der Waals surface area contributed by atoms with Gasteiger partial charge in [-0.3, -0.25) is 9.48 Å². The van der Waals surface area contributed by atoms with E-state index in [1.54, 1.807) is 10.9 Å². The first-order valence-electron chi connectivity index (χ1n) is 7.06. The van der Waals surface area contributed by atoms with Crippen LogP contribution in [0.5, 0.6) is 0 Å². The molecule has 1 aliphatic carbocycles. The second-order valence-corrected chi connectivity index (χ2v) is 5.59. The van der Waals surface area contributed by atoms with Crippen molar-refractivity contribution in [3.05, 3.63) is 18.0 Å². The average molecular weight is 265 g/mol. The number of aromatic nitrogens is 2. The molecule has 1 aliphatic rings. The summed E-state index contributed by atoms with van der Waals surface area (Å²) < 4.78 is 1.77. The van der Waals surface area contributed by atoms with E-state index >= 15 is 0 Å². The number of rotatable bonds is 5. The smallest absolute Gasteiger partial charge is 0.221 e. The minimum absolute atomic E-state index is 0.0212. The fourth-order valence-corrected chi connectivity index (χ4v) is 2.54. The molecule has 0 bridgehead atoms. The summed E-state index contributed by atoms with van der Waals surface area (Å²) in [6.07, 6.45) is 8.99. The van der Waals surface area contributed by atoms with Gasteiger partial charge in [-0.2, -0.15) is 5.10 Å². The van der Waals surface area contributed by atoms with Crippen LogP contribution in [0.4, 0.5) is 0 Å². The Morgan fingerprint density at radius 3 is 2.84 bits per heavy atom. The Balaban J connectivity index is 1.69. The predicted octanol–water partition coefficient (Wildman–Crippen LogP) is 1.39. The van der Waals surface area contributed by atoms with Crippen LogP contribution in [0.2, 0.25) is 0 Å². The Kier molecular flexibility index (Phi) is 4.58. The van der Waals surface area contributed by atoms with Crippen LogP contribution in [0.25, 0.3) is 0 Å². The highest BCUT2D eigenvalue weighted by atomic mass is 16.3. The summed E-state index contributed by atoms with van der Waals surface area (Å²) in [4.78, 5) is 11.7. The summed E-state index contributed by atoms with van der Waals surface area (Å²) in [7, 11) is 0. The molecule has 0 aromatic carbocycles. The summed E-state index contributed by atoms with van der Waals surface area (Å²) in [5.74, 6) is -0.0212. The van der Waals surface area contributed by atoms with Crippen molar-refractivity contribution in [1.82, 2.24) is 15.1 Å². The zero-order chi connectivity index (χ0) is 13.7. The largest absolute Gasteiger partial charge is 0.388 e. The Bertz CT molecular complexity index is 422. The van der Waals surface area contributed by atoms with E-state index in [9.17, 15) is 9.90 Å².